The predicted octanol–water partition coefficient (Wildman–Crippen LogP) is 1.11. The maximum absolute atomic E-state index is 10.4. The smallest absolute Gasteiger partial charge is 0.0975 e. The topological polar surface area (TPSA) is 57.2 Å². The summed E-state index contributed by atoms with van der Waals surface area (Å²) in [5.74, 6) is 0. The molecule has 10 heavy (non-hydrogen) atoms. The molecule has 0 rings (SSSR count). The molecule has 0 amide bonds. The van der Waals surface area contributed by atoms with Gasteiger partial charge in [-0.3, -0.25) is 0 Å². The van der Waals surface area contributed by atoms with Gasteiger partial charge < -0.3 is 4.55 Å². The van der Waals surface area contributed by atoms with Gasteiger partial charge in [0.1, 0.15) is 0 Å². The molecule has 0 fully saturated rings. The largest absolute Gasteiger partial charge is 0.748 e. The van der Waals surface area contributed by atoms with Gasteiger partial charge in [-0.05, 0) is 12.8 Å². The maximum Gasteiger partial charge on any atom is 0.0975 e. The van der Waals surface area contributed by atoms with Gasteiger partial charge in [-0.2, -0.15) is 0 Å². The van der Waals surface area contributed by atoms with E-state index < -0.39 is 15.4 Å². The molecule has 3 nitrogen and oxygen atoms in total. The Labute approximate surface area is 62.2 Å². The van der Waals surface area contributed by atoms with E-state index in [2.05, 4.69) is 0 Å². The van der Waals surface area contributed by atoms with Crippen molar-refractivity contribution in [1.29, 1.82) is 0 Å². The van der Waals surface area contributed by atoms with E-state index in [1.807, 2.05) is 6.92 Å². The van der Waals surface area contributed by atoms with E-state index in [0.29, 0.717) is 12.8 Å². The van der Waals surface area contributed by atoms with Crippen molar-refractivity contribution in [2.24, 2.45) is 0 Å². The zero-order valence-electron chi connectivity index (χ0n) is 6.33. The molecule has 1 unspecified atom stereocenters. The van der Waals surface area contributed by atoms with Crippen molar-refractivity contribution in [2.45, 2.75) is 38.4 Å². The third kappa shape index (κ3) is 3.17. The fraction of sp³-hybridized carbons (Fsp3) is 1.00. The average molecular weight is 165 g/mol. The van der Waals surface area contributed by atoms with Crippen LogP contribution in [0, 0.1) is 0 Å². The second-order valence-corrected chi connectivity index (χ2v) is 3.96. The van der Waals surface area contributed by atoms with Gasteiger partial charge in [0.2, 0.25) is 0 Å². The highest BCUT2D eigenvalue weighted by Crippen LogP contribution is 2.09. The molecule has 0 heterocycles. The van der Waals surface area contributed by atoms with Crippen molar-refractivity contribution >= 4 is 10.1 Å². The second kappa shape index (κ2) is 3.93. The van der Waals surface area contributed by atoms with E-state index in [0.717, 1.165) is 6.42 Å². The van der Waals surface area contributed by atoms with Crippen LogP contribution in [0.25, 0.3) is 0 Å². The van der Waals surface area contributed by atoms with Gasteiger partial charge in [-0.1, -0.05) is 20.3 Å². The highest BCUT2D eigenvalue weighted by molar-refractivity contribution is 7.86. The number of hydrogen-bond acceptors (Lipinski definition) is 3. The van der Waals surface area contributed by atoms with Gasteiger partial charge in [0.25, 0.3) is 0 Å². The summed E-state index contributed by atoms with van der Waals surface area (Å²) in [4.78, 5) is 0. The molecule has 1 atom stereocenters. The van der Waals surface area contributed by atoms with Gasteiger partial charge in [0.05, 0.1) is 10.1 Å². The van der Waals surface area contributed by atoms with E-state index >= 15 is 0 Å². The van der Waals surface area contributed by atoms with Gasteiger partial charge in [-0.25, -0.2) is 8.42 Å². The highest BCUT2D eigenvalue weighted by Gasteiger charge is 2.11. The zero-order chi connectivity index (χ0) is 8.20. The summed E-state index contributed by atoms with van der Waals surface area (Å²) < 4.78 is 31.2. The summed E-state index contributed by atoms with van der Waals surface area (Å²) in [5.41, 5.74) is 0. The molecule has 0 saturated carbocycles. The van der Waals surface area contributed by atoms with Crippen molar-refractivity contribution in [2.75, 3.05) is 0 Å². The minimum Gasteiger partial charge on any atom is -0.748 e. The molecule has 0 saturated heterocycles. The summed E-state index contributed by atoms with van der Waals surface area (Å²) in [6, 6.07) is 0. The Morgan fingerprint density at radius 3 is 2.00 bits per heavy atom. The van der Waals surface area contributed by atoms with Crippen LogP contribution < -0.4 is 0 Å². The fourth-order valence-electron chi connectivity index (χ4n) is 0.875. The summed E-state index contributed by atoms with van der Waals surface area (Å²) in [5, 5.41) is -0.669. The highest BCUT2D eigenvalue weighted by atomic mass is 32.2. The lowest BCUT2D eigenvalue weighted by atomic mass is 10.2. The maximum atomic E-state index is 10.4. The summed E-state index contributed by atoms with van der Waals surface area (Å²) in [6.07, 6.45) is 1.67. The Morgan fingerprint density at radius 2 is 1.90 bits per heavy atom. The standard InChI is InChI=1S/C6H14O3S/c1-3-5-6(4-2)10(7,8)9/h6H,3-5H2,1-2H3,(H,7,8,9)/p-1. The molecule has 0 N–H and O–H groups in total. The third-order valence-corrected chi connectivity index (χ3v) is 2.86. The van der Waals surface area contributed by atoms with Crippen LogP contribution in [0.2, 0.25) is 0 Å². The molecule has 62 valence electrons. The Hall–Kier alpha value is -0.0900. The van der Waals surface area contributed by atoms with Crippen LogP contribution in [0.3, 0.4) is 0 Å². The van der Waals surface area contributed by atoms with Crippen LogP contribution in [0.1, 0.15) is 33.1 Å². The first-order chi connectivity index (χ1) is 4.52. The van der Waals surface area contributed by atoms with Crippen LogP contribution in [0.15, 0.2) is 0 Å². The molecular formula is C6H13O3S-. The minimum absolute atomic E-state index is 0.430. The van der Waals surface area contributed by atoms with Crippen LogP contribution >= 0.6 is 0 Å². The zero-order valence-corrected chi connectivity index (χ0v) is 7.15. The average Bonchev–Trinajstić information content (AvgIpc) is 1.80. The van der Waals surface area contributed by atoms with E-state index in [1.54, 1.807) is 6.92 Å². The number of hydrogen-bond donors (Lipinski definition) is 0. The Kier molecular flexibility index (Phi) is 3.89. The fourth-order valence-corrected chi connectivity index (χ4v) is 1.81. The summed E-state index contributed by atoms with van der Waals surface area (Å²) in [7, 11) is -4.03. The van der Waals surface area contributed by atoms with Crippen molar-refractivity contribution in [3.63, 3.8) is 0 Å². The first-order valence-electron chi connectivity index (χ1n) is 3.47. The van der Waals surface area contributed by atoms with Gasteiger partial charge in [-0.15, -0.1) is 0 Å². The van der Waals surface area contributed by atoms with Crippen LogP contribution in [-0.2, 0) is 10.1 Å². The van der Waals surface area contributed by atoms with E-state index in [4.69, 9.17) is 0 Å². The normalized spacial score (nSPS) is 15.1. The van der Waals surface area contributed by atoms with Crippen molar-refractivity contribution in [3.8, 4) is 0 Å². The first kappa shape index (κ1) is 9.91. The monoisotopic (exact) mass is 165 g/mol. The lowest BCUT2D eigenvalue weighted by molar-refractivity contribution is 0.440. The quantitative estimate of drug-likeness (QED) is 0.586. The van der Waals surface area contributed by atoms with Gasteiger partial charge in [0, 0.05) is 5.25 Å². The molecular weight excluding hydrogens is 152 g/mol. The Balaban J connectivity index is 4.08. The SMILES string of the molecule is CCCC(CC)S(=O)(=O)[O-]. The van der Waals surface area contributed by atoms with Crippen LogP contribution in [0.4, 0.5) is 0 Å². The molecule has 0 aliphatic carbocycles. The van der Waals surface area contributed by atoms with E-state index in [-0.39, 0.29) is 0 Å². The predicted molar refractivity (Wildman–Crippen MR) is 38.7 cm³/mol. The molecule has 0 aliphatic heterocycles. The Bertz CT molecular complexity index is 171. The lowest BCUT2D eigenvalue weighted by Crippen LogP contribution is -2.19. The summed E-state index contributed by atoms with van der Waals surface area (Å²) in [6.45, 7) is 3.59. The van der Waals surface area contributed by atoms with Crippen molar-refractivity contribution in [3.05, 3.63) is 0 Å². The third-order valence-electron chi connectivity index (χ3n) is 1.47. The molecule has 0 aromatic heterocycles. The van der Waals surface area contributed by atoms with Crippen LogP contribution in [0.5, 0.6) is 0 Å². The van der Waals surface area contributed by atoms with Gasteiger partial charge in [0.15, 0.2) is 0 Å². The molecule has 0 radical (unpaired) electrons. The van der Waals surface area contributed by atoms with Crippen molar-refractivity contribution in [1.82, 2.24) is 0 Å². The molecule has 0 aromatic carbocycles. The van der Waals surface area contributed by atoms with Crippen molar-refractivity contribution < 1.29 is 13.0 Å². The molecule has 0 aromatic rings. The van der Waals surface area contributed by atoms with Crippen LogP contribution in [-0.4, -0.2) is 18.2 Å². The molecule has 0 bridgehead atoms. The minimum atomic E-state index is -4.03. The van der Waals surface area contributed by atoms with E-state index in [9.17, 15) is 13.0 Å². The van der Waals surface area contributed by atoms with Gasteiger partial charge >= 0.3 is 0 Å². The molecule has 0 aliphatic rings. The molecule has 0 spiro atoms. The first-order valence-corrected chi connectivity index (χ1v) is 4.94. The number of rotatable bonds is 4. The van der Waals surface area contributed by atoms with E-state index in [1.165, 1.54) is 0 Å². The lowest BCUT2D eigenvalue weighted by Gasteiger charge is -2.17. The second-order valence-electron chi connectivity index (χ2n) is 2.31. The summed E-state index contributed by atoms with van der Waals surface area (Å²) >= 11 is 0. The Morgan fingerprint density at radius 1 is 1.40 bits per heavy atom. The molecule has 4 heteroatoms.